The maximum absolute atomic E-state index is 13.9. The number of sulfonamides is 1. The Bertz CT molecular complexity index is 1230. The molecule has 2 aromatic carbocycles. The van der Waals surface area contributed by atoms with Gasteiger partial charge in [0.15, 0.2) is 0 Å². The van der Waals surface area contributed by atoms with Gasteiger partial charge in [-0.2, -0.15) is 0 Å². The second-order valence-electron chi connectivity index (χ2n) is 6.74. The van der Waals surface area contributed by atoms with E-state index in [2.05, 4.69) is 10.0 Å². The first-order chi connectivity index (χ1) is 14.2. The molecule has 0 aromatic heterocycles. The van der Waals surface area contributed by atoms with E-state index >= 15 is 0 Å². The lowest BCUT2D eigenvalue weighted by atomic mass is 10.0. The zero-order chi connectivity index (χ0) is 21.6. The molecule has 11 heteroatoms. The smallest absolute Gasteiger partial charge is 0.264 e. The van der Waals surface area contributed by atoms with E-state index in [0.29, 0.717) is 0 Å². The summed E-state index contributed by atoms with van der Waals surface area (Å²) in [5.74, 6) is -3.68. The highest BCUT2D eigenvalue weighted by atomic mass is 32.2. The number of amides is 4. The van der Waals surface area contributed by atoms with Gasteiger partial charge in [0.25, 0.3) is 21.8 Å². The van der Waals surface area contributed by atoms with Crippen LogP contribution in [-0.4, -0.2) is 43.0 Å². The van der Waals surface area contributed by atoms with Crippen LogP contribution in [-0.2, 0) is 19.6 Å². The number of benzene rings is 2. The maximum atomic E-state index is 13.9. The molecule has 0 radical (unpaired) electrons. The van der Waals surface area contributed by atoms with Gasteiger partial charge < -0.3 is 0 Å². The van der Waals surface area contributed by atoms with Crippen LogP contribution < -0.4 is 10.0 Å². The Labute approximate surface area is 169 Å². The van der Waals surface area contributed by atoms with Gasteiger partial charge in [0, 0.05) is 12.1 Å². The van der Waals surface area contributed by atoms with Crippen molar-refractivity contribution in [1.82, 2.24) is 10.2 Å². The fourth-order valence-electron chi connectivity index (χ4n) is 3.41. The van der Waals surface area contributed by atoms with Crippen molar-refractivity contribution in [2.24, 2.45) is 0 Å². The first-order valence-electron chi connectivity index (χ1n) is 8.82. The molecule has 2 aromatic rings. The van der Waals surface area contributed by atoms with Crippen LogP contribution in [0.3, 0.4) is 0 Å². The van der Waals surface area contributed by atoms with Crippen LogP contribution in [0.15, 0.2) is 47.4 Å². The van der Waals surface area contributed by atoms with Crippen molar-refractivity contribution in [2.45, 2.75) is 23.8 Å². The number of nitrogens with zero attached hydrogens (tertiary/aromatic N) is 1. The van der Waals surface area contributed by atoms with Crippen molar-refractivity contribution in [3.8, 4) is 0 Å². The first kappa shape index (κ1) is 19.7. The summed E-state index contributed by atoms with van der Waals surface area (Å²) in [6, 6.07) is 7.32. The van der Waals surface area contributed by atoms with E-state index < -0.39 is 50.4 Å². The van der Waals surface area contributed by atoms with E-state index in [1.807, 2.05) is 0 Å². The minimum atomic E-state index is -4.28. The number of imide groups is 2. The molecule has 30 heavy (non-hydrogen) atoms. The molecule has 0 bridgehead atoms. The molecule has 1 fully saturated rings. The van der Waals surface area contributed by atoms with Crippen molar-refractivity contribution < 1.29 is 32.0 Å². The Morgan fingerprint density at radius 3 is 2.40 bits per heavy atom. The van der Waals surface area contributed by atoms with Gasteiger partial charge in [0.1, 0.15) is 16.8 Å². The molecular formula is C19H14FN3O6S. The Balaban J connectivity index is 1.63. The SMILES string of the molecule is O=C1CCC(N2C(=O)c3ccc(NS(=O)(=O)c4ccccc4F)cc3C2=O)C(=O)N1. The number of carbonyl (C=O) groups excluding carboxylic acids is 4. The molecule has 9 nitrogen and oxygen atoms in total. The lowest BCUT2D eigenvalue weighted by Gasteiger charge is -2.27. The van der Waals surface area contributed by atoms with Crippen LogP contribution in [0, 0.1) is 5.82 Å². The van der Waals surface area contributed by atoms with Crippen molar-refractivity contribution >= 4 is 39.3 Å². The molecule has 4 rings (SSSR count). The fourth-order valence-corrected chi connectivity index (χ4v) is 4.54. The molecule has 154 valence electrons. The number of piperidine rings is 1. The van der Waals surface area contributed by atoms with Crippen LogP contribution in [0.4, 0.5) is 10.1 Å². The third kappa shape index (κ3) is 3.22. The highest BCUT2D eigenvalue weighted by Gasteiger charge is 2.44. The van der Waals surface area contributed by atoms with E-state index in [-0.39, 0.29) is 29.7 Å². The Morgan fingerprint density at radius 2 is 1.70 bits per heavy atom. The molecule has 1 unspecified atom stereocenters. The molecule has 2 heterocycles. The molecule has 0 saturated carbocycles. The van der Waals surface area contributed by atoms with Gasteiger partial charge in [0.2, 0.25) is 11.8 Å². The van der Waals surface area contributed by atoms with E-state index in [4.69, 9.17) is 0 Å². The number of hydrogen-bond acceptors (Lipinski definition) is 6. The van der Waals surface area contributed by atoms with Gasteiger partial charge in [-0.15, -0.1) is 0 Å². The highest BCUT2D eigenvalue weighted by Crippen LogP contribution is 2.30. The number of nitrogens with one attached hydrogen (secondary N) is 2. The van der Waals surface area contributed by atoms with Crippen LogP contribution in [0.25, 0.3) is 0 Å². The van der Waals surface area contributed by atoms with Crippen LogP contribution in [0.5, 0.6) is 0 Å². The van der Waals surface area contributed by atoms with E-state index in [1.165, 1.54) is 24.3 Å². The third-order valence-electron chi connectivity index (χ3n) is 4.82. The Morgan fingerprint density at radius 1 is 1.00 bits per heavy atom. The predicted octanol–water partition coefficient (Wildman–Crippen LogP) is 1.03. The summed E-state index contributed by atoms with van der Waals surface area (Å²) in [4.78, 5) is 49.0. The monoisotopic (exact) mass is 431 g/mol. The normalized spacial score (nSPS) is 19.0. The van der Waals surface area contributed by atoms with Gasteiger partial charge in [-0.3, -0.25) is 34.1 Å². The highest BCUT2D eigenvalue weighted by molar-refractivity contribution is 7.92. The zero-order valence-corrected chi connectivity index (χ0v) is 16.0. The number of anilines is 1. The lowest BCUT2D eigenvalue weighted by molar-refractivity contribution is -0.136. The standard InChI is InChI=1S/C19H14FN3O6S/c20-13-3-1-2-4-15(13)30(28,29)22-10-5-6-11-12(9-10)19(27)23(18(11)26)14-7-8-16(24)21-17(14)25/h1-6,9,14,22H,7-8H2,(H,21,24,25). The van der Waals surface area contributed by atoms with E-state index in [9.17, 15) is 32.0 Å². The number of halogens is 1. The Kier molecular flexibility index (Phi) is 4.61. The van der Waals surface area contributed by atoms with Crippen molar-refractivity contribution in [3.05, 3.63) is 59.4 Å². The number of hydrogen-bond donors (Lipinski definition) is 2. The second-order valence-corrected chi connectivity index (χ2v) is 8.39. The second kappa shape index (κ2) is 7.02. The van der Waals surface area contributed by atoms with Crippen LogP contribution in [0.1, 0.15) is 33.6 Å². The van der Waals surface area contributed by atoms with E-state index in [1.54, 1.807) is 0 Å². The summed E-state index contributed by atoms with van der Waals surface area (Å²) < 4.78 is 40.9. The summed E-state index contributed by atoms with van der Waals surface area (Å²) in [6.45, 7) is 0. The molecule has 1 atom stereocenters. The van der Waals surface area contributed by atoms with Crippen LogP contribution in [0.2, 0.25) is 0 Å². The van der Waals surface area contributed by atoms with Gasteiger partial charge >= 0.3 is 0 Å². The maximum Gasteiger partial charge on any atom is 0.264 e. The lowest BCUT2D eigenvalue weighted by Crippen LogP contribution is -2.54. The predicted molar refractivity (Wildman–Crippen MR) is 100 cm³/mol. The van der Waals surface area contributed by atoms with Gasteiger partial charge in [-0.1, -0.05) is 12.1 Å². The van der Waals surface area contributed by atoms with Crippen molar-refractivity contribution in [3.63, 3.8) is 0 Å². The van der Waals surface area contributed by atoms with Crippen molar-refractivity contribution in [1.29, 1.82) is 0 Å². The molecular weight excluding hydrogens is 417 g/mol. The largest absolute Gasteiger partial charge is 0.295 e. The minimum absolute atomic E-state index is 0.00135. The topological polar surface area (TPSA) is 130 Å². The van der Waals surface area contributed by atoms with E-state index in [0.717, 1.165) is 23.1 Å². The fraction of sp³-hybridized carbons (Fsp3) is 0.158. The summed E-state index contributed by atoms with van der Waals surface area (Å²) in [5.41, 5.74) is -0.153. The zero-order valence-electron chi connectivity index (χ0n) is 15.2. The van der Waals surface area contributed by atoms with Crippen molar-refractivity contribution in [2.75, 3.05) is 4.72 Å². The number of fused-ring (bicyclic) bond motifs is 1. The molecule has 2 aliphatic heterocycles. The number of rotatable bonds is 4. The first-order valence-corrected chi connectivity index (χ1v) is 10.3. The molecule has 2 aliphatic rings. The van der Waals surface area contributed by atoms with Crippen LogP contribution >= 0.6 is 0 Å². The quantitative estimate of drug-likeness (QED) is 0.696. The third-order valence-corrected chi connectivity index (χ3v) is 6.23. The molecule has 0 spiro atoms. The molecule has 0 aliphatic carbocycles. The summed E-state index contributed by atoms with van der Waals surface area (Å²) in [5, 5.41) is 2.09. The Hall–Kier alpha value is -3.60. The molecule has 4 amide bonds. The van der Waals surface area contributed by atoms with Gasteiger partial charge in [-0.25, -0.2) is 12.8 Å². The van der Waals surface area contributed by atoms with Gasteiger partial charge in [-0.05, 0) is 36.8 Å². The molecule has 2 N–H and O–H groups in total. The minimum Gasteiger partial charge on any atom is -0.295 e. The summed E-state index contributed by atoms with van der Waals surface area (Å²) in [6.07, 6.45) is -0.0135. The summed E-state index contributed by atoms with van der Waals surface area (Å²) >= 11 is 0. The summed E-state index contributed by atoms with van der Waals surface area (Å²) in [7, 11) is -4.28. The van der Waals surface area contributed by atoms with Gasteiger partial charge in [0.05, 0.1) is 11.1 Å². The average molecular weight is 431 g/mol. The average Bonchev–Trinajstić information content (AvgIpc) is 2.92. The molecule has 1 saturated heterocycles. The number of carbonyl (C=O) groups is 4.